The number of nitrogens with zero attached hydrogens (tertiary/aromatic N) is 2. The molecule has 242 valence electrons. The number of amides is 2. The average Bonchev–Trinajstić information content (AvgIpc) is 3.26. The fourth-order valence-corrected chi connectivity index (χ4v) is 4.47. The SMILES string of the molecule is COC(=O)[C@H](CCc1cc(O)c(C(=O)OCc2ccccc2)n1Cc1ccccc1)N(C(=O)OC(C)(C)C)C(=O)OC(C)(C)C. The molecule has 3 rings (SSSR count). The van der Waals surface area contributed by atoms with E-state index in [0.717, 1.165) is 18.2 Å². The van der Waals surface area contributed by atoms with Gasteiger partial charge in [-0.15, -0.1) is 0 Å². The molecule has 0 aliphatic heterocycles. The van der Waals surface area contributed by atoms with Crippen molar-refractivity contribution in [3.63, 3.8) is 0 Å². The van der Waals surface area contributed by atoms with E-state index in [1.165, 1.54) is 6.07 Å². The Morgan fingerprint density at radius 1 is 0.822 bits per heavy atom. The predicted molar refractivity (Wildman–Crippen MR) is 166 cm³/mol. The van der Waals surface area contributed by atoms with Crippen LogP contribution < -0.4 is 0 Å². The largest absolute Gasteiger partial charge is 0.505 e. The molecule has 0 saturated carbocycles. The standard InChI is InChI=1S/C34H42N2O9/c1-33(2,3)44-31(40)36(32(41)45-34(4,5)6)26(29(38)42-7)19-18-25-20-27(37)28(35(25)21-23-14-10-8-11-15-23)30(39)43-22-24-16-12-9-13-17-24/h8-17,20,26,37H,18-19,21-22H2,1-7H3/t26-/m0/s1. The summed E-state index contributed by atoms with van der Waals surface area (Å²) in [6.45, 7) is 9.96. The number of methoxy groups -OCH3 is 1. The van der Waals surface area contributed by atoms with E-state index in [9.17, 15) is 24.3 Å². The summed E-state index contributed by atoms with van der Waals surface area (Å²) in [4.78, 5) is 53.6. The first-order valence-corrected chi connectivity index (χ1v) is 14.6. The van der Waals surface area contributed by atoms with E-state index >= 15 is 0 Å². The molecule has 0 aliphatic rings. The molecule has 0 aliphatic carbocycles. The number of esters is 2. The molecule has 0 saturated heterocycles. The Morgan fingerprint density at radius 2 is 1.33 bits per heavy atom. The van der Waals surface area contributed by atoms with E-state index in [1.54, 1.807) is 46.1 Å². The van der Waals surface area contributed by atoms with E-state index in [1.807, 2.05) is 60.7 Å². The second-order valence-corrected chi connectivity index (χ2v) is 12.4. The summed E-state index contributed by atoms with van der Waals surface area (Å²) >= 11 is 0. The molecule has 45 heavy (non-hydrogen) atoms. The van der Waals surface area contributed by atoms with Crippen LogP contribution in [0.25, 0.3) is 0 Å². The second kappa shape index (κ2) is 14.8. The number of ether oxygens (including phenoxy) is 4. The fraction of sp³-hybridized carbons (Fsp3) is 0.412. The van der Waals surface area contributed by atoms with Crippen LogP contribution in [0.2, 0.25) is 0 Å². The molecule has 1 aromatic heterocycles. The molecule has 0 unspecified atom stereocenters. The van der Waals surface area contributed by atoms with Crippen molar-refractivity contribution in [2.45, 2.75) is 84.8 Å². The van der Waals surface area contributed by atoms with Crippen molar-refractivity contribution in [3.05, 3.63) is 89.2 Å². The van der Waals surface area contributed by atoms with Crippen LogP contribution in [-0.2, 0) is 43.3 Å². The molecule has 0 radical (unpaired) electrons. The minimum atomic E-state index is -1.45. The summed E-state index contributed by atoms with van der Waals surface area (Å²) in [6, 6.07) is 18.4. The van der Waals surface area contributed by atoms with E-state index in [-0.39, 0.29) is 37.4 Å². The first kappa shape index (κ1) is 34.7. The second-order valence-electron chi connectivity index (χ2n) is 12.4. The van der Waals surface area contributed by atoms with Crippen molar-refractivity contribution in [1.82, 2.24) is 9.47 Å². The number of aromatic nitrogens is 1. The number of imide groups is 1. The molecule has 0 bridgehead atoms. The molecule has 1 N–H and O–H groups in total. The minimum absolute atomic E-state index is 0.00385. The normalized spacial score (nSPS) is 12.2. The third-order valence-electron chi connectivity index (χ3n) is 6.39. The van der Waals surface area contributed by atoms with Gasteiger partial charge in [-0.25, -0.2) is 19.2 Å². The van der Waals surface area contributed by atoms with Gasteiger partial charge in [0.2, 0.25) is 0 Å². The lowest BCUT2D eigenvalue weighted by Gasteiger charge is -2.32. The zero-order valence-corrected chi connectivity index (χ0v) is 26.9. The van der Waals surface area contributed by atoms with E-state index in [2.05, 4.69) is 0 Å². The smallest absolute Gasteiger partial charge is 0.420 e. The number of aromatic hydroxyl groups is 1. The van der Waals surface area contributed by atoms with Crippen LogP contribution in [0.4, 0.5) is 9.59 Å². The lowest BCUT2D eigenvalue weighted by atomic mass is 10.1. The van der Waals surface area contributed by atoms with Gasteiger partial charge in [0.15, 0.2) is 5.69 Å². The van der Waals surface area contributed by atoms with Crippen molar-refractivity contribution >= 4 is 24.1 Å². The van der Waals surface area contributed by atoms with Gasteiger partial charge < -0.3 is 28.6 Å². The van der Waals surface area contributed by atoms with Crippen molar-refractivity contribution in [2.24, 2.45) is 0 Å². The first-order valence-electron chi connectivity index (χ1n) is 14.6. The highest BCUT2D eigenvalue weighted by atomic mass is 16.6. The molecular weight excluding hydrogens is 580 g/mol. The molecular formula is C34H42N2O9. The van der Waals surface area contributed by atoms with Gasteiger partial charge in [0, 0.05) is 18.3 Å². The Balaban J connectivity index is 1.99. The van der Waals surface area contributed by atoms with E-state index in [0.29, 0.717) is 10.6 Å². The number of rotatable bonds is 10. The lowest BCUT2D eigenvalue weighted by Crippen LogP contribution is -2.52. The Kier molecular flexibility index (Phi) is 11.4. The maximum absolute atomic E-state index is 13.3. The minimum Gasteiger partial charge on any atom is -0.505 e. The number of aryl methyl sites for hydroxylation is 1. The molecule has 2 aromatic carbocycles. The maximum Gasteiger partial charge on any atom is 0.420 e. The summed E-state index contributed by atoms with van der Waals surface area (Å²) in [7, 11) is 1.14. The van der Waals surface area contributed by atoms with Crippen molar-refractivity contribution < 1.29 is 43.2 Å². The summed E-state index contributed by atoms with van der Waals surface area (Å²) in [6.07, 6.45) is -2.27. The average molecular weight is 623 g/mol. The number of hydrogen-bond acceptors (Lipinski definition) is 9. The van der Waals surface area contributed by atoms with Gasteiger partial charge >= 0.3 is 24.1 Å². The molecule has 0 spiro atoms. The highest BCUT2D eigenvalue weighted by molar-refractivity contribution is 5.94. The highest BCUT2D eigenvalue weighted by Crippen LogP contribution is 2.28. The van der Waals surface area contributed by atoms with Crippen LogP contribution in [0.3, 0.4) is 0 Å². The van der Waals surface area contributed by atoms with Crippen LogP contribution >= 0.6 is 0 Å². The zero-order chi connectivity index (χ0) is 33.4. The zero-order valence-electron chi connectivity index (χ0n) is 26.9. The highest BCUT2D eigenvalue weighted by Gasteiger charge is 2.41. The summed E-state index contributed by atoms with van der Waals surface area (Å²) in [5.74, 6) is -1.93. The molecule has 3 aromatic rings. The van der Waals surface area contributed by atoms with Gasteiger partial charge in [-0.1, -0.05) is 60.7 Å². The first-order chi connectivity index (χ1) is 21.1. The Morgan fingerprint density at radius 3 is 1.82 bits per heavy atom. The van der Waals surface area contributed by atoms with Crippen LogP contribution in [0.1, 0.15) is 75.3 Å². The molecule has 2 amide bonds. The predicted octanol–water partition coefficient (Wildman–Crippen LogP) is 6.25. The molecule has 0 fully saturated rings. The van der Waals surface area contributed by atoms with Gasteiger partial charge in [0.1, 0.15) is 29.6 Å². The van der Waals surface area contributed by atoms with Crippen LogP contribution in [0, 0.1) is 0 Å². The van der Waals surface area contributed by atoms with Gasteiger partial charge in [0.25, 0.3) is 0 Å². The summed E-state index contributed by atoms with van der Waals surface area (Å²) in [5.41, 5.74) is 0.0183. The van der Waals surface area contributed by atoms with Crippen molar-refractivity contribution in [2.75, 3.05) is 7.11 Å². The van der Waals surface area contributed by atoms with Crippen molar-refractivity contribution in [3.8, 4) is 5.75 Å². The van der Waals surface area contributed by atoms with E-state index in [4.69, 9.17) is 18.9 Å². The molecule has 11 nitrogen and oxygen atoms in total. The Labute approximate surface area is 263 Å². The molecule has 1 heterocycles. The number of hydrogen-bond donors (Lipinski definition) is 1. The molecule has 1 atom stereocenters. The van der Waals surface area contributed by atoms with Crippen LogP contribution in [0.5, 0.6) is 5.75 Å². The third-order valence-corrected chi connectivity index (χ3v) is 6.39. The van der Waals surface area contributed by atoms with Gasteiger partial charge in [-0.05, 0) is 65.5 Å². The number of carbonyl (C=O) groups excluding carboxylic acids is 4. The number of benzene rings is 2. The summed E-state index contributed by atoms with van der Waals surface area (Å²) < 4.78 is 23.0. The maximum atomic E-state index is 13.3. The van der Waals surface area contributed by atoms with Crippen LogP contribution in [0.15, 0.2) is 66.7 Å². The van der Waals surface area contributed by atoms with Gasteiger partial charge in [-0.2, -0.15) is 4.90 Å². The molecule has 11 heteroatoms. The van der Waals surface area contributed by atoms with Crippen molar-refractivity contribution in [1.29, 1.82) is 0 Å². The topological polar surface area (TPSA) is 134 Å². The Hall–Kier alpha value is -4.80. The van der Waals surface area contributed by atoms with E-state index < -0.39 is 41.4 Å². The quantitative estimate of drug-likeness (QED) is 0.206. The lowest BCUT2D eigenvalue weighted by molar-refractivity contribution is -0.147. The fourth-order valence-electron chi connectivity index (χ4n) is 4.47. The third kappa shape index (κ3) is 10.1. The summed E-state index contributed by atoms with van der Waals surface area (Å²) in [5, 5.41) is 10.9. The number of carbonyl (C=O) groups is 4. The monoisotopic (exact) mass is 622 g/mol. The van der Waals surface area contributed by atoms with Gasteiger partial charge in [-0.3, -0.25) is 0 Å². The van der Waals surface area contributed by atoms with Crippen LogP contribution in [-0.4, -0.2) is 63.1 Å². The Bertz CT molecular complexity index is 1440. The van der Waals surface area contributed by atoms with Gasteiger partial charge in [0.05, 0.1) is 7.11 Å².